The maximum Gasteiger partial charge on any atom is 0.309 e. The molecule has 4 aliphatic rings. The smallest absolute Gasteiger partial charge is 0.309 e. The van der Waals surface area contributed by atoms with Crippen LogP contribution in [0.3, 0.4) is 0 Å². The van der Waals surface area contributed by atoms with Gasteiger partial charge in [-0.05, 0) is 72.6 Å². The summed E-state index contributed by atoms with van der Waals surface area (Å²) in [5, 5.41) is 11.2. The first kappa shape index (κ1) is 16.6. The molecule has 3 aliphatic carbocycles. The number of rotatable bonds is 2. The predicted molar refractivity (Wildman–Crippen MR) is 94.0 cm³/mol. The largest absolute Gasteiger partial charge is 0.497 e. The van der Waals surface area contributed by atoms with Gasteiger partial charge in [-0.3, -0.25) is 4.79 Å². The number of ether oxygens (including phenoxy) is 3. The second-order valence-electron chi connectivity index (χ2n) is 8.46. The van der Waals surface area contributed by atoms with E-state index in [1.54, 1.807) is 14.2 Å². The topological polar surface area (TPSA) is 65.0 Å². The fraction of sp³-hybridized carbons (Fsp3) is 0.667. The third kappa shape index (κ3) is 2.13. The molecule has 0 spiro atoms. The molecule has 7 atom stereocenters. The third-order valence-corrected chi connectivity index (χ3v) is 7.55. The first-order valence-electron chi connectivity index (χ1n) is 9.66. The fourth-order valence-electron chi connectivity index (χ4n) is 6.53. The monoisotopic (exact) mass is 358 g/mol. The molecule has 0 amide bonds. The molecule has 1 saturated heterocycles. The molecule has 1 aliphatic heterocycles. The Hall–Kier alpha value is -1.59. The van der Waals surface area contributed by atoms with E-state index in [0.29, 0.717) is 17.8 Å². The fourth-order valence-corrected chi connectivity index (χ4v) is 6.53. The van der Waals surface area contributed by atoms with Crippen molar-refractivity contribution in [1.82, 2.24) is 0 Å². The Morgan fingerprint density at radius 2 is 2.12 bits per heavy atom. The minimum absolute atomic E-state index is 0.130. The van der Waals surface area contributed by atoms with Gasteiger partial charge in [-0.25, -0.2) is 0 Å². The Bertz CT molecular complexity index is 746. The lowest BCUT2D eigenvalue weighted by atomic mass is 9.58. The van der Waals surface area contributed by atoms with Crippen LogP contribution in [0.5, 0.6) is 5.75 Å². The summed E-state index contributed by atoms with van der Waals surface area (Å²) in [4.78, 5) is 11.7. The quantitative estimate of drug-likeness (QED) is 0.823. The lowest BCUT2D eigenvalue weighted by molar-refractivity contribution is -0.142. The number of fused-ring (bicyclic) bond motifs is 7. The maximum absolute atomic E-state index is 11.7. The average molecular weight is 358 g/mol. The Morgan fingerprint density at radius 3 is 2.88 bits per heavy atom. The molecule has 2 saturated carbocycles. The second kappa shape index (κ2) is 5.70. The zero-order valence-corrected chi connectivity index (χ0v) is 15.3. The summed E-state index contributed by atoms with van der Waals surface area (Å²) in [6.45, 7) is 0. The Labute approximate surface area is 153 Å². The average Bonchev–Trinajstić information content (AvgIpc) is 3.08. The van der Waals surface area contributed by atoms with Crippen molar-refractivity contribution in [2.24, 2.45) is 17.8 Å². The van der Waals surface area contributed by atoms with Crippen LogP contribution in [0.4, 0.5) is 0 Å². The molecule has 0 radical (unpaired) electrons. The van der Waals surface area contributed by atoms with Gasteiger partial charge in [0.25, 0.3) is 0 Å². The van der Waals surface area contributed by atoms with E-state index in [1.807, 2.05) is 6.07 Å². The van der Waals surface area contributed by atoms with Crippen molar-refractivity contribution in [3.63, 3.8) is 0 Å². The normalized spacial score (nSPS) is 43.1. The van der Waals surface area contributed by atoms with Crippen LogP contribution >= 0.6 is 0 Å². The molecular formula is C21H26O5. The molecule has 140 valence electrons. The van der Waals surface area contributed by atoms with Crippen molar-refractivity contribution < 1.29 is 24.1 Å². The van der Waals surface area contributed by atoms with E-state index < -0.39 is 5.60 Å². The number of benzene rings is 1. The van der Waals surface area contributed by atoms with Crippen molar-refractivity contribution in [2.75, 3.05) is 14.2 Å². The highest BCUT2D eigenvalue weighted by molar-refractivity contribution is 5.74. The molecule has 5 nitrogen and oxygen atoms in total. The number of hydrogen-bond donors (Lipinski definition) is 1. The number of esters is 1. The summed E-state index contributed by atoms with van der Waals surface area (Å²) in [5.74, 6) is 1.93. The molecule has 7 unspecified atom stereocenters. The molecule has 0 aromatic heterocycles. The molecule has 1 aromatic rings. The molecule has 5 heteroatoms. The molecule has 26 heavy (non-hydrogen) atoms. The minimum Gasteiger partial charge on any atom is -0.497 e. The highest BCUT2D eigenvalue weighted by atomic mass is 16.6. The van der Waals surface area contributed by atoms with Crippen LogP contribution in [0.25, 0.3) is 0 Å². The van der Waals surface area contributed by atoms with Crippen LogP contribution in [0.1, 0.15) is 42.7 Å². The van der Waals surface area contributed by atoms with E-state index >= 15 is 0 Å². The number of carbonyl (C=O) groups is 1. The lowest BCUT2D eigenvalue weighted by Crippen LogP contribution is -2.48. The Kier molecular flexibility index (Phi) is 3.63. The number of methoxy groups -OCH3 is 2. The molecule has 1 aromatic carbocycles. The second-order valence-corrected chi connectivity index (χ2v) is 8.46. The zero-order chi connectivity index (χ0) is 18.1. The standard InChI is InChI=1S/C21H26O5/c1-24-12-3-4-13-11(7-12)8-17(25-2)20-14(13)5-6-16-15(20)9-18-21(16,23)10-19(22)26-18/h3-4,7,14-18,20,23H,5-6,8-10H2,1-2H3. The van der Waals surface area contributed by atoms with E-state index in [2.05, 4.69) is 12.1 Å². The highest BCUT2D eigenvalue weighted by Crippen LogP contribution is 2.61. The van der Waals surface area contributed by atoms with Gasteiger partial charge >= 0.3 is 5.97 Å². The molecular weight excluding hydrogens is 332 g/mol. The van der Waals surface area contributed by atoms with Gasteiger partial charge in [0.05, 0.1) is 19.6 Å². The lowest BCUT2D eigenvalue weighted by Gasteiger charge is -2.49. The van der Waals surface area contributed by atoms with Gasteiger partial charge in [0.2, 0.25) is 0 Å². The number of carbonyl (C=O) groups excluding carboxylic acids is 1. The van der Waals surface area contributed by atoms with Crippen LogP contribution in [0, 0.1) is 17.8 Å². The van der Waals surface area contributed by atoms with Gasteiger partial charge < -0.3 is 19.3 Å². The summed E-state index contributed by atoms with van der Waals surface area (Å²) in [6, 6.07) is 6.40. The molecule has 1 N–H and O–H groups in total. The summed E-state index contributed by atoms with van der Waals surface area (Å²) >= 11 is 0. The molecule has 0 bridgehead atoms. The van der Waals surface area contributed by atoms with Gasteiger partial charge in [0.1, 0.15) is 17.5 Å². The van der Waals surface area contributed by atoms with Crippen LogP contribution in [-0.4, -0.2) is 43.1 Å². The van der Waals surface area contributed by atoms with E-state index in [0.717, 1.165) is 31.4 Å². The minimum atomic E-state index is -0.967. The number of hydrogen-bond acceptors (Lipinski definition) is 5. The van der Waals surface area contributed by atoms with E-state index in [4.69, 9.17) is 14.2 Å². The SMILES string of the molecule is COc1ccc2c(c1)CC(OC)C1C2CCC2C1CC1OC(=O)CC12O. The molecule has 5 rings (SSSR count). The van der Waals surface area contributed by atoms with Crippen molar-refractivity contribution in [1.29, 1.82) is 0 Å². The predicted octanol–water partition coefficient (Wildman–Crippen LogP) is 2.44. The van der Waals surface area contributed by atoms with Gasteiger partial charge in [0.15, 0.2) is 0 Å². The summed E-state index contributed by atoms with van der Waals surface area (Å²) in [7, 11) is 3.49. The van der Waals surface area contributed by atoms with Gasteiger partial charge in [0, 0.05) is 7.11 Å². The third-order valence-electron chi connectivity index (χ3n) is 7.55. The van der Waals surface area contributed by atoms with Crippen molar-refractivity contribution in [3.05, 3.63) is 29.3 Å². The summed E-state index contributed by atoms with van der Waals surface area (Å²) in [6.07, 6.45) is 3.55. The van der Waals surface area contributed by atoms with E-state index in [1.165, 1.54) is 11.1 Å². The summed E-state index contributed by atoms with van der Waals surface area (Å²) in [5.41, 5.74) is 1.76. The highest BCUT2D eigenvalue weighted by Gasteiger charge is 2.65. The maximum atomic E-state index is 11.7. The van der Waals surface area contributed by atoms with E-state index in [9.17, 15) is 9.90 Å². The molecule has 1 heterocycles. The Morgan fingerprint density at radius 1 is 1.27 bits per heavy atom. The van der Waals surface area contributed by atoms with Gasteiger partial charge in [-0.1, -0.05) is 6.07 Å². The molecule has 3 fully saturated rings. The van der Waals surface area contributed by atoms with Crippen LogP contribution in [0.15, 0.2) is 18.2 Å². The summed E-state index contributed by atoms with van der Waals surface area (Å²) < 4.78 is 16.8. The first-order valence-corrected chi connectivity index (χ1v) is 9.66. The zero-order valence-electron chi connectivity index (χ0n) is 15.3. The van der Waals surface area contributed by atoms with Crippen LogP contribution in [0.2, 0.25) is 0 Å². The van der Waals surface area contributed by atoms with Crippen LogP contribution in [-0.2, 0) is 20.7 Å². The number of aliphatic hydroxyl groups is 1. The van der Waals surface area contributed by atoms with Crippen molar-refractivity contribution in [2.45, 2.75) is 55.8 Å². The van der Waals surface area contributed by atoms with Crippen molar-refractivity contribution in [3.8, 4) is 5.75 Å². The van der Waals surface area contributed by atoms with Gasteiger partial charge in [-0.15, -0.1) is 0 Å². The van der Waals surface area contributed by atoms with Crippen molar-refractivity contribution >= 4 is 5.97 Å². The Balaban J connectivity index is 1.52. The van der Waals surface area contributed by atoms with E-state index in [-0.39, 0.29) is 30.5 Å². The van der Waals surface area contributed by atoms with Gasteiger partial charge in [-0.2, -0.15) is 0 Å². The van der Waals surface area contributed by atoms with Crippen LogP contribution < -0.4 is 4.74 Å². The first-order chi connectivity index (χ1) is 12.5.